The fourth-order valence-corrected chi connectivity index (χ4v) is 6.18. The van der Waals surface area contributed by atoms with Gasteiger partial charge in [-0.15, -0.1) is 11.3 Å². The second kappa shape index (κ2) is 11.0. The zero-order valence-electron chi connectivity index (χ0n) is 21.8. The molecule has 2 saturated heterocycles. The van der Waals surface area contributed by atoms with Crippen molar-refractivity contribution < 1.29 is 19.2 Å². The SMILES string of the molecule is CC(C)CC(NC(=O)c1ccc(-c2cccs2)cc1)C(=O)N1CCC2C1C(=O)CN2C(=O)c1cc[nH]c(=O)c1. The molecule has 2 fully saturated rings. The van der Waals surface area contributed by atoms with Crippen molar-refractivity contribution in [3.8, 4) is 10.4 Å². The number of hydrogen-bond donors (Lipinski definition) is 2. The van der Waals surface area contributed by atoms with Crippen LogP contribution in [0.2, 0.25) is 0 Å². The van der Waals surface area contributed by atoms with Gasteiger partial charge in [-0.05, 0) is 54.0 Å². The Hall–Kier alpha value is -4.05. The number of fused-ring (bicyclic) bond motifs is 1. The van der Waals surface area contributed by atoms with Crippen molar-refractivity contribution in [3.63, 3.8) is 0 Å². The van der Waals surface area contributed by atoms with E-state index in [-0.39, 0.29) is 35.6 Å². The standard InChI is InChI=1S/C29H30N4O5S/c1-17(2)14-21(31-27(36)19-7-5-18(6-8-19)24-4-3-13-39-24)29(38)32-12-10-22-26(32)23(34)16-33(22)28(37)20-9-11-30-25(35)15-20/h3-9,11,13,15,17,21-22,26H,10,12,14,16H2,1-2H3,(H,30,35)(H,31,36). The van der Waals surface area contributed by atoms with Gasteiger partial charge < -0.3 is 20.1 Å². The molecular weight excluding hydrogens is 516 g/mol. The van der Waals surface area contributed by atoms with Crippen molar-refractivity contribution in [1.82, 2.24) is 20.1 Å². The molecule has 5 rings (SSSR count). The highest BCUT2D eigenvalue weighted by molar-refractivity contribution is 7.13. The Bertz CT molecular complexity index is 1450. The quantitative estimate of drug-likeness (QED) is 0.472. The molecule has 3 unspecified atom stereocenters. The number of Topliss-reactive ketones (excluding diaryl/α,β-unsaturated/α-hetero) is 1. The Morgan fingerprint density at radius 2 is 1.82 bits per heavy atom. The lowest BCUT2D eigenvalue weighted by Crippen LogP contribution is -2.53. The van der Waals surface area contributed by atoms with Crippen molar-refractivity contribution in [1.29, 1.82) is 0 Å². The van der Waals surface area contributed by atoms with Gasteiger partial charge in [0, 0.05) is 34.8 Å². The third-order valence-electron chi connectivity index (χ3n) is 7.25. The maximum atomic E-state index is 13.7. The first kappa shape index (κ1) is 26.6. The maximum Gasteiger partial charge on any atom is 0.254 e. The summed E-state index contributed by atoms with van der Waals surface area (Å²) in [5.74, 6) is -1.19. The Labute approximate surface area is 229 Å². The molecule has 2 N–H and O–H groups in total. The number of nitrogens with one attached hydrogen (secondary N) is 2. The number of H-pyrrole nitrogens is 1. The van der Waals surface area contributed by atoms with Gasteiger partial charge >= 0.3 is 0 Å². The molecule has 10 heteroatoms. The monoisotopic (exact) mass is 546 g/mol. The van der Waals surface area contributed by atoms with E-state index in [1.54, 1.807) is 23.5 Å². The predicted octanol–water partition coefficient (Wildman–Crippen LogP) is 2.94. The number of aromatic nitrogens is 1. The zero-order valence-corrected chi connectivity index (χ0v) is 22.6. The first-order chi connectivity index (χ1) is 18.7. The molecule has 9 nitrogen and oxygen atoms in total. The van der Waals surface area contributed by atoms with E-state index in [4.69, 9.17) is 0 Å². The van der Waals surface area contributed by atoms with Crippen LogP contribution in [0.3, 0.4) is 0 Å². The number of carbonyl (C=O) groups excluding carboxylic acids is 4. The van der Waals surface area contributed by atoms with Crippen LogP contribution in [-0.4, -0.2) is 69.5 Å². The number of benzene rings is 1. The number of amides is 3. The molecule has 0 spiro atoms. The van der Waals surface area contributed by atoms with Crippen LogP contribution in [0.5, 0.6) is 0 Å². The number of hydrogen-bond acceptors (Lipinski definition) is 6. The predicted molar refractivity (Wildman–Crippen MR) is 147 cm³/mol. The first-order valence-electron chi connectivity index (χ1n) is 13.0. The molecule has 3 atom stereocenters. The third kappa shape index (κ3) is 5.42. The van der Waals surface area contributed by atoms with Gasteiger partial charge in [-0.25, -0.2) is 0 Å². The van der Waals surface area contributed by atoms with Crippen LogP contribution >= 0.6 is 11.3 Å². The number of rotatable bonds is 7. The van der Waals surface area contributed by atoms with Gasteiger partial charge in [-0.3, -0.25) is 24.0 Å². The average molecular weight is 547 g/mol. The summed E-state index contributed by atoms with van der Waals surface area (Å²) in [6, 6.07) is 11.9. The van der Waals surface area contributed by atoms with E-state index in [0.29, 0.717) is 24.9 Å². The fraction of sp³-hybridized carbons (Fsp3) is 0.345. The summed E-state index contributed by atoms with van der Waals surface area (Å²) in [5, 5.41) is 4.89. The van der Waals surface area contributed by atoms with Crippen LogP contribution in [0.1, 0.15) is 47.4 Å². The Balaban J connectivity index is 1.31. The summed E-state index contributed by atoms with van der Waals surface area (Å²) >= 11 is 1.62. The van der Waals surface area contributed by atoms with E-state index in [0.717, 1.165) is 10.4 Å². The minimum Gasteiger partial charge on any atom is -0.340 e. The Kier molecular flexibility index (Phi) is 7.47. The lowest BCUT2D eigenvalue weighted by Gasteiger charge is -2.29. The summed E-state index contributed by atoms with van der Waals surface area (Å²) in [4.78, 5) is 71.3. The summed E-state index contributed by atoms with van der Waals surface area (Å²) < 4.78 is 0. The molecule has 3 aromatic rings. The van der Waals surface area contributed by atoms with Gasteiger partial charge in [0.2, 0.25) is 11.5 Å². The molecule has 1 aromatic carbocycles. The van der Waals surface area contributed by atoms with Crippen molar-refractivity contribution in [3.05, 3.63) is 81.6 Å². The largest absolute Gasteiger partial charge is 0.340 e. The van der Waals surface area contributed by atoms with E-state index in [1.807, 2.05) is 43.5 Å². The van der Waals surface area contributed by atoms with Crippen LogP contribution < -0.4 is 10.9 Å². The average Bonchev–Trinajstić information content (AvgIpc) is 3.67. The van der Waals surface area contributed by atoms with Crippen molar-refractivity contribution in [2.75, 3.05) is 13.1 Å². The molecule has 0 bridgehead atoms. The Morgan fingerprint density at radius 3 is 2.49 bits per heavy atom. The fourth-order valence-electron chi connectivity index (χ4n) is 5.45. The van der Waals surface area contributed by atoms with Crippen LogP contribution in [0, 0.1) is 5.92 Å². The Morgan fingerprint density at radius 1 is 1.05 bits per heavy atom. The minimum atomic E-state index is -0.807. The molecule has 3 amide bonds. The third-order valence-corrected chi connectivity index (χ3v) is 8.17. The molecule has 2 aliphatic rings. The van der Waals surface area contributed by atoms with Crippen LogP contribution in [0.25, 0.3) is 10.4 Å². The van der Waals surface area contributed by atoms with Crippen molar-refractivity contribution in [2.24, 2.45) is 5.92 Å². The summed E-state index contributed by atoms with van der Waals surface area (Å²) in [5.41, 5.74) is 1.26. The number of pyridine rings is 1. The molecule has 0 radical (unpaired) electrons. The van der Waals surface area contributed by atoms with Gasteiger partial charge in [0.25, 0.3) is 11.8 Å². The lowest BCUT2D eigenvalue weighted by atomic mass is 10.0. The minimum absolute atomic E-state index is 0.118. The highest BCUT2D eigenvalue weighted by Crippen LogP contribution is 2.32. The van der Waals surface area contributed by atoms with Crippen LogP contribution in [0.4, 0.5) is 0 Å². The van der Waals surface area contributed by atoms with Crippen molar-refractivity contribution >= 4 is 34.8 Å². The summed E-state index contributed by atoms with van der Waals surface area (Å²) in [6.45, 7) is 4.12. The number of nitrogens with zero attached hydrogens (tertiary/aromatic N) is 2. The highest BCUT2D eigenvalue weighted by Gasteiger charge is 2.52. The molecule has 39 heavy (non-hydrogen) atoms. The van der Waals surface area contributed by atoms with Gasteiger partial charge in [0.05, 0.1) is 12.6 Å². The van der Waals surface area contributed by atoms with Crippen LogP contribution in [0.15, 0.2) is 64.9 Å². The molecule has 202 valence electrons. The number of aromatic amines is 1. The molecule has 2 aromatic heterocycles. The van der Waals surface area contributed by atoms with E-state index in [9.17, 15) is 24.0 Å². The number of carbonyl (C=O) groups is 4. The van der Waals surface area contributed by atoms with Gasteiger partial charge in [0.1, 0.15) is 12.1 Å². The smallest absolute Gasteiger partial charge is 0.254 e. The first-order valence-corrected chi connectivity index (χ1v) is 13.9. The number of likely N-dealkylation sites (tertiary alicyclic amines) is 2. The van der Waals surface area contributed by atoms with Crippen molar-refractivity contribution in [2.45, 2.75) is 44.8 Å². The highest BCUT2D eigenvalue weighted by atomic mass is 32.1. The second-order valence-electron chi connectivity index (χ2n) is 10.4. The summed E-state index contributed by atoms with van der Waals surface area (Å²) in [6.07, 6.45) is 2.25. The van der Waals surface area contributed by atoms with E-state index in [2.05, 4.69) is 10.3 Å². The topological polar surface area (TPSA) is 120 Å². The normalized spacial score (nSPS) is 19.3. The molecule has 0 saturated carbocycles. The van der Waals surface area contributed by atoms with Gasteiger partial charge in [-0.2, -0.15) is 0 Å². The van der Waals surface area contributed by atoms with Gasteiger partial charge in [-0.1, -0.05) is 32.0 Å². The second-order valence-corrected chi connectivity index (χ2v) is 11.3. The molecule has 0 aliphatic carbocycles. The number of ketones is 1. The molecule has 4 heterocycles. The molecule has 2 aliphatic heterocycles. The lowest BCUT2D eigenvalue weighted by molar-refractivity contribution is -0.138. The van der Waals surface area contributed by atoms with E-state index >= 15 is 0 Å². The number of thiophene rings is 1. The van der Waals surface area contributed by atoms with Gasteiger partial charge in [0.15, 0.2) is 5.78 Å². The maximum absolute atomic E-state index is 13.7. The molecular formula is C29H30N4O5S. The zero-order chi connectivity index (χ0) is 27.7. The van der Waals surface area contributed by atoms with Crippen LogP contribution in [-0.2, 0) is 9.59 Å². The van der Waals surface area contributed by atoms with E-state index in [1.165, 1.54) is 28.1 Å². The van der Waals surface area contributed by atoms with E-state index < -0.39 is 29.6 Å². The summed E-state index contributed by atoms with van der Waals surface area (Å²) in [7, 11) is 0.